The highest BCUT2D eigenvalue weighted by Gasteiger charge is 2.13. The third-order valence-corrected chi connectivity index (χ3v) is 5.97. The van der Waals surface area contributed by atoms with E-state index in [1.165, 1.54) is 0 Å². The van der Waals surface area contributed by atoms with Crippen molar-refractivity contribution in [1.29, 1.82) is 0 Å². The van der Waals surface area contributed by atoms with Gasteiger partial charge in [0.25, 0.3) is 0 Å². The Morgan fingerprint density at radius 2 is 1.73 bits per heavy atom. The zero-order valence-electron chi connectivity index (χ0n) is 20.3. The van der Waals surface area contributed by atoms with E-state index in [1.54, 1.807) is 48.5 Å². The van der Waals surface area contributed by atoms with Gasteiger partial charge in [-0.05, 0) is 60.5 Å². The highest BCUT2D eigenvalue weighted by atomic mass is 16.5. The number of aromatic carboxylic acids is 1. The number of ether oxygens (including phenoxy) is 2. The normalized spacial score (nSPS) is 10.8. The average molecular weight is 493 g/mol. The van der Waals surface area contributed by atoms with Crippen molar-refractivity contribution in [2.45, 2.75) is 13.5 Å². The maximum Gasteiger partial charge on any atom is 0.335 e. The van der Waals surface area contributed by atoms with Gasteiger partial charge in [-0.3, -0.25) is 4.98 Å². The fourth-order valence-electron chi connectivity index (χ4n) is 3.92. The molecule has 184 valence electrons. The Labute approximate surface area is 213 Å². The van der Waals surface area contributed by atoms with Gasteiger partial charge in [0.15, 0.2) is 0 Å². The lowest BCUT2D eigenvalue weighted by atomic mass is 10.1. The van der Waals surface area contributed by atoms with Gasteiger partial charge in [-0.2, -0.15) is 0 Å². The zero-order chi connectivity index (χ0) is 25.8. The van der Waals surface area contributed by atoms with Gasteiger partial charge < -0.3 is 14.6 Å². The summed E-state index contributed by atoms with van der Waals surface area (Å²) in [5, 5.41) is 17.6. The number of carbonyl (C=O) groups is 1. The molecular weight excluding hydrogens is 468 g/mol. The minimum atomic E-state index is -0.968. The molecule has 0 fully saturated rings. The van der Waals surface area contributed by atoms with Crippen LogP contribution in [0.4, 0.5) is 0 Å². The second kappa shape index (κ2) is 10.3. The van der Waals surface area contributed by atoms with Crippen LogP contribution in [0.2, 0.25) is 0 Å². The van der Waals surface area contributed by atoms with Crippen LogP contribution in [-0.4, -0.2) is 38.2 Å². The Morgan fingerprint density at radius 1 is 0.973 bits per heavy atom. The van der Waals surface area contributed by atoms with Crippen molar-refractivity contribution in [3.63, 3.8) is 0 Å². The third kappa shape index (κ3) is 5.18. The van der Waals surface area contributed by atoms with Gasteiger partial charge in [0, 0.05) is 11.1 Å². The fourth-order valence-corrected chi connectivity index (χ4v) is 3.92. The SMILES string of the molecule is COc1ccc(COc2ccccc2-c2cc(C)c(-n3cc(-c4ccc(C(=O)O)cc4)nn3)cn2)cc1. The van der Waals surface area contributed by atoms with Crippen molar-refractivity contribution in [1.82, 2.24) is 20.0 Å². The molecule has 0 saturated carbocycles. The Balaban J connectivity index is 1.36. The number of carboxylic acid groups (broad SMARTS) is 1. The van der Waals surface area contributed by atoms with E-state index in [4.69, 9.17) is 14.6 Å². The number of methoxy groups -OCH3 is 1. The van der Waals surface area contributed by atoms with Gasteiger partial charge in [-0.15, -0.1) is 5.10 Å². The topological polar surface area (TPSA) is 99.4 Å². The molecule has 8 heteroatoms. The van der Waals surface area contributed by atoms with E-state index in [0.29, 0.717) is 12.3 Å². The lowest BCUT2D eigenvalue weighted by Gasteiger charge is -2.13. The van der Waals surface area contributed by atoms with Crippen LogP contribution in [-0.2, 0) is 6.61 Å². The van der Waals surface area contributed by atoms with Gasteiger partial charge in [0.05, 0.1) is 36.4 Å². The molecule has 5 rings (SSSR count). The van der Waals surface area contributed by atoms with Crippen LogP contribution < -0.4 is 9.47 Å². The van der Waals surface area contributed by atoms with E-state index in [-0.39, 0.29) is 5.56 Å². The van der Waals surface area contributed by atoms with Crippen molar-refractivity contribution < 1.29 is 19.4 Å². The number of benzene rings is 3. The molecule has 0 amide bonds. The van der Waals surface area contributed by atoms with Crippen LogP contribution in [0.3, 0.4) is 0 Å². The first-order valence-electron chi connectivity index (χ1n) is 11.6. The average Bonchev–Trinajstić information content (AvgIpc) is 3.42. The van der Waals surface area contributed by atoms with Gasteiger partial charge in [0.2, 0.25) is 0 Å². The summed E-state index contributed by atoms with van der Waals surface area (Å²) in [7, 11) is 1.64. The molecule has 0 aliphatic rings. The first-order valence-corrected chi connectivity index (χ1v) is 11.6. The van der Waals surface area contributed by atoms with E-state index >= 15 is 0 Å². The summed E-state index contributed by atoms with van der Waals surface area (Å²) in [6, 6.07) is 24.1. The lowest BCUT2D eigenvalue weighted by Crippen LogP contribution is -2.01. The molecular formula is C29H24N4O4. The summed E-state index contributed by atoms with van der Waals surface area (Å²) in [5.41, 5.74) is 6.11. The number of hydrogen-bond acceptors (Lipinski definition) is 6. The van der Waals surface area contributed by atoms with E-state index in [0.717, 1.165) is 45.1 Å². The van der Waals surface area contributed by atoms with Crippen molar-refractivity contribution in [3.8, 4) is 39.7 Å². The molecule has 2 aromatic heterocycles. The number of hydrogen-bond donors (Lipinski definition) is 1. The van der Waals surface area contributed by atoms with Gasteiger partial charge in [-0.25, -0.2) is 9.48 Å². The maximum absolute atomic E-state index is 11.1. The second-order valence-electron chi connectivity index (χ2n) is 8.42. The van der Waals surface area contributed by atoms with E-state index < -0.39 is 5.97 Å². The standard InChI is InChI=1S/C29H24N4O4/c1-19-15-25(24-5-3-4-6-28(24)37-18-20-7-13-23(36-2)14-8-20)30-16-27(19)33-17-26(31-32-33)21-9-11-22(12-10-21)29(34)35/h3-17H,18H2,1-2H3,(H,34,35). The Hall–Kier alpha value is -4.98. The summed E-state index contributed by atoms with van der Waals surface area (Å²) in [5.74, 6) is 0.579. The van der Waals surface area contributed by atoms with Crippen LogP contribution >= 0.6 is 0 Å². The number of aromatic nitrogens is 4. The largest absolute Gasteiger partial charge is 0.497 e. The Bertz CT molecular complexity index is 1540. The van der Waals surface area contributed by atoms with Crippen LogP contribution in [0.25, 0.3) is 28.2 Å². The molecule has 0 saturated heterocycles. The monoisotopic (exact) mass is 492 g/mol. The predicted octanol–water partition coefficient (Wildman–Crippen LogP) is 5.59. The lowest BCUT2D eigenvalue weighted by molar-refractivity contribution is 0.0697. The number of para-hydroxylation sites is 1. The van der Waals surface area contributed by atoms with Gasteiger partial charge >= 0.3 is 5.97 Å². The van der Waals surface area contributed by atoms with Crippen molar-refractivity contribution in [2.24, 2.45) is 0 Å². The summed E-state index contributed by atoms with van der Waals surface area (Å²) in [6.07, 6.45) is 3.56. The van der Waals surface area contributed by atoms with Crippen molar-refractivity contribution in [3.05, 3.63) is 108 Å². The summed E-state index contributed by atoms with van der Waals surface area (Å²) >= 11 is 0. The third-order valence-electron chi connectivity index (χ3n) is 5.97. The quantitative estimate of drug-likeness (QED) is 0.301. The molecule has 5 aromatic rings. The van der Waals surface area contributed by atoms with Crippen molar-refractivity contribution in [2.75, 3.05) is 7.11 Å². The number of pyridine rings is 1. The minimum absolute atomic E-state index is 0.222. The van der Waals surface area contributed by atoms with Gasteiger partial charge in [0.1, 0.15) is 23.8 Å². The molecule has 3 aromatic carbocycles. The highest BCUT2D eigenvalue weighted by Crippen LogP contribution is 2.31. The first-order chi connectivity index (χ1) is 18.0. The van der Waals surface area contributed by atoms with Crippen LogP contribution in [0.15, 0.2) is 91.3 Å². The molecule has 0 radical (unpaired) electrons. The predicted molar refractivity (Wildman–Crippen MR) is 139 cm³/mol. The minimum Gasteiger partial charge on any atom is -0.497 e. The molecule has 2 heterocycles. The van der Waals surface area contributed by atoms with E-state index in [1.807, 2.05) is 61.5 Å². The summed E-state index contributed by atoms with van der Waals surface area (Å²) < 4.78 is 13.0. The fraction of sp³-hybridized carbons (Fsp3) is 0.103. The molecule has 37 heavy (non-hydrogen) atoms. The number of aryl methyl sites for hydroxylation is 1. The molecule has 0 aliphatic heterocycles. The molecule has 0 bridgehead atoms. The zero-order valence-corrected chi connectivity index (χ0v) is 20.3. The molecule has 1 N–H and O–H groups in total. The van der Waals surface area contributed by atoms with E-state index in [2.05, 4.69) is 15.3 Å². The summed E-state index contributed by atoms with van der Waals surface area (Å²) in [6.45, 7) is 2.41. The molecule has 0 atom stereocenters. The number of rotatable bonds is 8. The van der Waals surface area contributed by atoms with Crippen molar-refractivity contribution >= 4 is 5.97 Å². The first kappa shape index (κ1) is 23.7. The number of nitrogens with zero attached hydrogens (tertiary/aromatic N) is 4. The van der Waals surface area contributed by atoms with Crippen LogP contribution in [0.1, 0.15) is 21.5 Å². The van der Waals surface area contributed by atoms with Gasteiger partial charge in [-0.1, -0.05) is 41.6 Å². The number of carboxylic acids is 1. The van der Waals surface area contributed by atoms with Crippen LogP contribution in [0, 0.1) is 6.92 Å². The second-order valence-corrected chi connectivity index (χ2v) is 8.42. The smallest absolute Gasteiger partial charge is 0.335 e. The Kier molecular flexibility index (Phi) is 6.63. The molecule has 0 aliphatic carbocycles. The highest BCUT2D eigenvalue weighted by molar-refractivity contribution is 5.88. The van der Waals surface area contributed by atoms with E-state index in [9.17, 15) is 4.79 Å². The molecule has 8 nitrogen and oxygen atoms in total. The summed E-state index contributed by atoms with van der Waals surface area (Å²) in [4.78, 5) is 15.8. The Morgan fingerprint density at radius 3 is 2.43 bits per heavy atom. The maximum atomic E-state index is 11.1. The molecule has 0 spiro atoms. The molecule has 0 unspecified atom stereocenters. The van der Waals surface area contributed by atoms with Crippen LogP contribution in [0.5, 0.6) is 11.5 Å².